The predicted octanol–water partition coefficient (Wildman–Crippen LogP) is 2.95. The number of benzene rings is 2. The maximum atomic E-state index is 12.1. The van der Waals surface area contributed by atoms with Crippen molar-refractivity contribution in [3.63, 3.8) is 0 Å². The summed E-state index contributed by atoms with van der Waals surface area (Å²) in [6.07, 6.45) is 0. The molecule has 2 aromatic rings. The summed E-state index contributed by atoms with van der Waals surface area (Å²) in [6, 6.07) is 14.9. The van der Waals surface area contributed by atoms with Crippen molar-refractivity contribution >= 4 is 11.6 Å². The molecular formula is C19H21N3O2. The first kappa shape index (κ1) is 17.5. The number of methoxy groups -OCH3 is 1. The molecule has 0 fully saturated rings. The van der Waals surface area contributed by atoms with Crippen LogP contribution in [0.1, 0.15) is 16.7 Å². The second kappa shape index (κ2) is 8.14. The molecule has 0 atom stereocenters. The predicted molar refractivity (Wildman–Crippen MR) is 93.9 cm³/mol. The average molecular weight is 323 g/mol. The first-order valence-electron chi connectivity index (χ1n) is 7.64. The number of likely N-dealkylation sites (N-methyl/N-ethyl adjacent to an activating group) is 1. The van der Waals surface area contributed by atoms with Crippen molar-refractivity contribution in [1.82, 2.24) is 4.90 Å². The van der Waals surface area contributed by atoms with Crippen LogP contribution in [0.3, 0.4) is 0 Å². The molecule has 0 unspecified atom stereocenters. The first-order valence-corrected chi connectivity index (χ1v) is 7.64. The highest BCUT2D eigenvalue weighted by atomic mass is 16.5. The zero-order valence-corrected chi connectivity index (χ0v) is 14.2. The standard InChI is InChI=1S/C19H21N3O2/c1-14-9-16(7-8-18(14)24-3)12-22(2)13-19(23)21-17-6-4-5-15(10-17)11-20/h4-10H,12-13H2,1-3H3,(H,21,23). The molecule has 0 saturated carbocycles. The van der Waals surface area contributed by atoms with Crippen molar-refractivity contribution < 1.29 is 9.53 Å². The number of ether oxygens (including phenoxy) is 1. The van der Waals surface area contributed by atoms with E-state index in [0.717, 1.165) is 16.9 Å². The number of amides is 1. The minimum absolute atomic E-state index is 0.113. The summed E-state index contributed by atoms with van der Waals surface area (Å²) in [7, 11) is 3.55. The van der Waals surface area contributed by atoms with Crippen molar-refractivity contribution in [2.45, 2.75) is 13.5 Å². The van der Waals surface area contributed by atoms with Crippen LogP contribution in [0.5, 0.6) is 5.75 Å². The number of nitrogens with zero attached hydrogens (tertiary/aromatic N) is 2. The molecule has 2 rings (SSSR count). The van der Waals surface area contributed by atoms with Crippen molar-refractivity contribution in [3.05, 3.63) is 59.2 Å². The lowest BCUT2D eigenvalue weighted by atomic mass is 10.1. The van der Waals surface area contributed by atoms with Gasteiger partial charge in [0, 0.05) is 12.2 Å². The SMILES string of the molecule is COc1ccc(CN(C)CC(=O)Nc2cccc(C#N)c2)cc1C. The molecule has 0 radical (unpaired) electrons. The van der Waals surface area contributed by atoms with Crippen LogP contribution in [0, 0.1) is 18.3 Å². The third-order valence-corrected chi connectivity index (χ3v) is 3.60. The highest BCUT2D eigenvalue weighted by Crippen LogP contribution is 2.19. The molecule has 5 heteroatoms. The van der Waals surface area contributed by atoms with Crippen molar-refractivity contribution in [2.75, 3.05) is 26.0 Å². The lowest BCUT2D eigenvalue weighted by molar-refractivity contribution is -0.117. The lowest BCUT2D eigenvalue weighted by Gasteiger charge is -2.17. The van der Waals surface area contributed by atoms with Gasteiger partial charge in [-0.05, 0) is 49.4 Å². The van der Waals surface area contributed by atoms with E-state index in [1.54, 1.807) is 31.4 Å². The Morgan fingerprint density at radius 2 is 2.08 bits per heavy atom. The van der Waals surface area contributed by atoms with E-state index in [4.69, 9.17) is 10.00 Å². The number of anilines is 1. The van der Waals surface area contributed by atoms with E-state index in [1.165, 1.54) is 0 Å². The Bertz CT molecular complexity index is 765. The Morgan fingerprint density at radius 1 is 1.29 bits per heavy atom. The van der Waals surface area contributed by atoms with Crippen LogP contribution in [0.4, 0.5) is 5.69 Å². The summed E-state index contributed by atoms with van der Waals surface area (Å²) in [6.45, 7) is 2.93. The van der Waals surface area contributed by atoms with Gasteiger partial charge in [-0.25, -0.2) is 0 Å². The average Bonchev–Trinajstić information content (AvgIpc) is 2.55. The molecule has 0 saturated heterocycles. The van der Waals surface area contributed by atoms with Gasteiger partial charge >= 0.3 is 0 Å². The van der Waals surface area contributed by atoms with Crippen LogP contribution in [0.25, 0.3) is 0 Å². The number of nitriles is 1. The Labute approximate surface area is 142 Å². The largest absolute Gasteiger partial charge is 0.496 e. The maximum absolute atomic E-state index is 12.1. The van der Waals surface area contributed by atoms with Gasteiger partial charge < -0.3 is 10.1 Å². The maximum Gasteiger partial charge on any atom is 0.238 e. The number of carbonyl (C=O) groups excluding carboxylic acids is 1. The molecular weight excluding hydrogens is 302 g/mol. The number of hydrogen-bond acceptors (Lipinski definition) is 4. The normalized spacial score (nSPS) is 10.3. The summed E-state index contributed by atoms with van der Waals surface area (Å²) >= 11 is 0. The molecule has 24 heavy (non-hydrogen) atoms. The van der Waals surface area contributed by atoms with Crippen LogP contribution in [-0.2, 0) is 11.3 Å². The third-order valence-electron chi connectivity index (χ3n) is 3.60. The Morgan fingerprint density at radius 3 is 2.75 bits per heavy atom. The van der Waals surface area contributed by atoms with Crippen LogP contribution in [0.2, 0.25) is 0 Å². The smallest absolute Gasteiger partial charge is 0.238 e. The molecule has 1 amide bonds. The van der Waals surface area contributed by atoms with Crippen LogP contribution >= 0.6 is 0 Å². The van der Waals surface area contributed by atoms with E-state index in [0.29, 0.717) is 17.8 Å². The molecule has 0 bridgehead atoms. The van der Waals surface area contributed by atoms with E-state index in [-0.39, 0.29) is 12.5 Å². The third kappa shape index (κ3) is 4.83. The van der Waals surface area contributed by atoms with Crippen LogP contribution in [-0.4, -0.2) is 31.5 Å². The molecule has 1 N–H and O–H groups in total. The first-order chi connectivity index (χ1) is 11.5. The number of carbonyl (C=O) groups is 1. The van der Waals surface area contributed by atoms with Crippen molar-refractivity contribution in [3.8, 4) is 11.8 Å². The van der Waals surface area contributed by atoms with Gasteiger partial charge in [0.15, 0.2) is 0 Å². The molecule has 0 heterocycles. The minimum Gasteiger partial charge on any atom is -0.496 e. The monoisotopic (exact) mass is 323 g/mol. The molecule has 0 aromatic heterocycles. The van der Waals surface area contributed by atoms with Crippen LogP contribution in [0.15, 0.2) is 42.5 Å². The second-order valence-corrected chi connectivity index (χ2v) is 5.72. The van der Waals surface area contributed by atoms with E-state index in [2.05, 4.69) is 17.5 Å². The molecule has 2 aromatic carbocycles. The molecule has 0 aliphatic heterocycles. The fourth-order valence-corrected chi connectivity index (χ4v) is 2.52. The highest BCUT2D eigenvalue weighted by Gasteiger charge is 2.09. The number of hydrogen-bond donors (Lipinski definition) is 1. The van der Waals surface area contributed by atoms with Gasteiger partial charge in [-0.2, -0.15) is 5.26 Å². The quantitative estimate of drug-likeness (QED) is 0.887. The zero-order chi connectivity index (χ0) is 17.5. The van der Waals surface area contributed by atoms with Gasteiger partial charge in [0.05, 0.1) is 25.3 Å². The molecule has 0 spiro atoms. The Kier molecular flexibility index (Phi) is 5.94. The summed E-state index contributed by atoms with van der Waals surface area (Å²) in [5, 5.41) is 11.7. The number of nitrogens with one attached hydrogen (secondary N) is 1. The molecule has 5 nitrogen and oxygen atoms in total. The zero-order valence-electron chi connectivity index (χ0n) is 14.2. The van der Waals surface area contributed by atoms with Crippen molar-refractivity contribution in [2.24, 2.45) is 0 Å². The lowest BCUT2D eigenvalue weighted by Crippen LogP contribution is -2.29. The number of aryl methyl sites for hydroxylation is 1. The molecule has 0 aliphatic rings. The topological polar surface area (TPSA) is 65.4 Å². The highest BCUT2D eigenvalue weighted by molar-refractivity contribution is 5.92. The summed E-state index contributed by atoms with van der Waals surface area (Å²) < 4.78 is 5.25. The van der Waals surface area contributed by atoms with E-state index < -0.39 is 0 Å². The van der Waals surface area contributed by atoms with E-state index >= 15 is 0 Å². The van der Waals surface area contributed by atoms with Crippen molar-refractivity contribution in [1.29, 1.82) is 5.26 Å². The minimum atomic E-state index is -0.113. The number of rotatable bonds is 6. The summed E-state index contributed by atoms with van der Waals surface area (Å²) in [5.74, 6) is 0.745. The molecule has 0 aliphatic carbocycles. The fraction of sp³-hybridized carbons (Fsp3) is 0.263. The Hall–Kier alpha value is -2.84. The van der Waals surface area contributed by atoms with Gasteiger partial charge in [0.1, 0.15) is 5.75 Å². The van der Waals surface area contributed by atoms with Gasteiger partial charge in [-0.15, -0.1) is 0 Å². The fourth-order valence-electron chi connectivity index (χ4n) is 2.52. The van der Waals surface area contributed by atoms with E-state index in [9.17, 15) is 4.79 Å². The second-order valence-electron chi connectivity index (χ2n) is 5.72. The Balaban J connectivity index is 1.91. The summed E-state index contributed by atoms with van der Waals surface area (Å²) in [4.78, 5) is 14.1. The van der Waals surface area contributed by atoms with Crippen LogP contribution < -0.4 is 10.1 Å². The summed E-state index contributed by atoms with van der Waals surface area (Å²) in [5.41, 5.74) is 3.35. The molecule has 124 valence electrons. The van der Waals surface area contributed by atoms with Gasteiger partial charge in [0.25, 0.3) is 0 Å². The van der Waals surface area contributed by atoms with E-state index in [1.807, 2.05) is 31.0 Å². The van der Waals surface area contributed by atoms with Gasteiger partial charge in [-0.3, -0.25) is 9.69 Å². The van der Waals surface area contributed by atoms with Gasteiger partial charge in [0.2, 0.25) is 5.91 Å². The van der Waals surface area contributed by atoms with Gasteiger partial charge in [-0.1, -0.05) is 18.2 Å².